The van der Waals surface area contributed by atoms with Crippen LogP contribution in [0.25, 0.3) is 0 Å². The van der Waals surface area contributed by atoms with Crippen LogP contribution in [0, 0.1) is 0 Å². The molecule has 0 saturated heterocycles. The predicted octanol–water partition coefficient (Wildman–Crippen LogP) is 4.03. The molecule has 0 atom stereocenters. The summed E-state index contributed by atoms with van der Waals surface area (Å²) in [5, 5.41) is 0. The Hall–Kier alpha value is -1.04. The van der Waals surface area contributed by atoms with E-state index < -0.39 is 0 Å². The minimum atomic E-state index is 1.02. The third-order valence-electron chi connectivity index (χ3n) is 1.45. The van der Waals surface area contributed by atoms with Crippen LogP contribution in [-0.4, -0.2) is 0 Å². The summed E-state index contributed by atoms with van der Waals surface area (Å²) in [6.07, 6.45) is 17.8. The molecule has 0 spiro atoms. The molecule has 0 N–H and O–H groups in total. The molecule has 0 radical (unpaired) electrons. The molecular formula is C12H18. The topological polar surface area (TPSA) is 0 Å². The van der Waals surface area contributed by atoms with Crippen LogP contribution in [0.1, 0.15) is 26.2 Å². The smallest absolute Gasteiger partial charge is 0.0166 e. The maximum Gasteiger partial charge on any atom is -0.0166 e. The Balaban J connectivity index is 3.25. The largest absolute Gasteiger partial charge is 0.0991 e. The SMILES string of the molecule is C=C/C=C/CC=CCCC=CC. The summed E-state index contributed by atoms with van der Waals surface area (Å²) in [4.78, 5) is 0. The Labute approximate surface area is 76.0 Å². The van der Waals surface area contributed by atoms with Crippen LogP contribution >= 0.6 is 0 Å². The highest BCUT2D eigenvalue weighted by Crippen LogP contribution is 1.94. The molecule has 0 saturated carbocycles. The minimum Gasteiger partial charge on any atom is -0.0991 e. The van der Waals surface area contributed by atoms with Gasteiger partial charge in [0.05, 0.1) is 0 Å². The number of hydrogen-bond acceptors (Lipinski definition) is 0. The minimum absolute atomic E-state index is 1.02. The molecule has 0 heterocycles. The van der Waals surface area contributed by atoms with Gasteiger partial charge in [0.1, 0.15) is 0 Å². The maximum atomic E-state index is 3.60. The molecule has 0 aromatic rings. The monoisotopic (exact) mass is 162 g/mol. The zero-order valence-electron chi connectivity index (χ0n) is 7.87. The summed E-state index contributed by atoms with van der Waals surface area (Å²) in [6, 6.07) is 0. The highest BCUT2D eigenvalue weighted by atomic mass is 13.8. The fraction of sp³-hybridized carbons (Fsp3) is 0.333. The second kappa shape index (κ2) is 9.96. The molecule has 0 fully saturated rings. The standard InChI is InChI=1S/C12H18/c1-3-5-7-9-11-12-10-8-6-4-2/h3-7,11-12H,1,8-10H2,2H3/b6-4?,7-5+,12-11?. The molecule has 0 aromatic carbocycles. The third-order valence-corrected chi connectivity index (χ3v) is 1.45. The Bertz CT molecular complexity index is 170. The second-order valence-corrected chi connectivity index (χ2v) is 2.52. The Morgan fingerprint density at radius 1 is 1.00 bits per heavy atom. The van der Waals surface area contributed by atoms with Gasteiger partial charge in [0.15, 0.2) is 0 Å². The number of allylic oxidation sites excluding steroid dienone is 7. The van der Waals surface area contributed by atoms with E-state index in [4.69, 9.17) is 0 Å². The molecule has 0 aliphatic rings. The summed E-state index contributed by atoms with van der Waals surface area (Å²) < 4.78 is 0. The van der Waals surface area contributed by atoms with E-state index in [0.29, 0.717) is 0 Å². The molecular weight excluding hydrogens is 144 g/mol. The molecule has 0 nitrogen and oxygen atoms in total. The van der Waals surface area contributed by atoms with E-state index in [-0.39, 0.29) is 0 Å². The van der Waals surface area contributed by atoms with E-state index in [9.17, 15) is 0 Å². The molecule has 66 valence electrons. The van der Waals surface area contributed by atoms with Crippen LogP contribution in [0.5, 0.6) is 0 Å². The van der Waals surface area contributed by atoms with Crippen molar-refractivity contribution in [2.24, 2.45) is 0 Å². The average Bonchev–Trinajstić information content (AvgIpc) is 2.10. The summed E-state index contributed by atoms with van der Waals surface area (Å²) in [5.41, 5.74) is 0. The van der Waals surface area contributed by atoms with Crippen LogP contribution in [0.4, 0.5) is 0 Å². The van der Waals surface area contributed by atoms with Gasteiger partial charge in [-0.2, -0.15) is 0 Å². The van der Waals surface area contributed by atoms with Crippen LogP contribution in [-0.2, 0) is 0 Å². The van der Waals surface area contributed by atoms with Crippen molar-refractivity contribution < 1.29 is 0 Å². The van der Waals surface area contributed by atoms with Crippen LogP contribution in [0.3, 0.4) is 0 Å². The van der Waals surface area contributed by atoms with Gasteiger partial charge >= 0.3 is 0 Å². The van der Waals surface area contributed by atoms with Crippen LogP contribution in [0.2, 0.25) is 0 Å². The highest BCUT2D eigenvalue weighted by molar-refractivity contribution is 5.01. The molecule has 0 bridgehead atoms. The van der Waals surface area contributed by atoms with Gasteiger partial charge in [-0.05, 0) is 26.2 Å². The van der Waals surface area contributed by atoms with Crippen molar-refractivity contribution in [3.05, 3.63) is 49.1 Å². The van der Waals surface area contributed by atoms with Gasteiger partial charge in [0.2, 0.25) is 0 Å². The van der Waals surface area contributed by atoms with Gasteiger partial charge in [-0.1, -0.05) is 49.1 Å². The number of rotatable bonds is 6. The Kier molecular flexibility index (Phi) is 9.10. The lowest BCUT2D eigenvalue weighted by Crippen LogP contribution is -1.64. The van der Waals surface area contributed by atoms with Gasteiger partial charge < -0.3 is 0 Å². The average molecular weight is 162 g/mol. The van der Waals surface area contributed by atoms with Gasteiger partial charge in [0.25, 0.3) is 0 Å². The van der Waals surface area contributed by atoms with Crippen molar-refractivity contribution in [3.8, 4) is 0 Å². The molecule has 0 unspecified atom stereocenters. The summed E-state index contributed by atoms with van der Waals surface area (Å²) in [7, 11) is 0. The first-order valence-electron chi connectivity index (χ1n) is 4.45. The lowest BCUT2D eigenvalue weighted by Gasteiger charge is -1.84. The second-order valence-electron chi connectivity index (χ2n) is 2.52. The molecule has 0 aliphatic heterocycles. The Morgan fingerprint density at radius 3 is 2.42 bits per heavy atom. The molecule has 0 rings (SSSR count). The van der Waals surface area contributed by atoms with Crippen molar-refractivity contribution in [2.75, 3.05) is 0 Å². The van der Waals surface area contributed by atoms with Crippen molar-refractivity contribution in [1.29, 1.82) is 0 Å². The fourth-order valence-corrected chi connectivity index (χ4v) is 0.827. The third kappa shape index (κ3) is 8.96. The number of hydrogen-bond donors (Lipinski definition) is 0. The zero-order valence-corrected chi connectivity index (χ0v) is 7.87. The van der Waals surface area contributed by atoms with Crippen molar-refractivity contribution >= 4 is 0 Å². The maximum absolute atomic E-state index is 3.60. The van der Waals surface area contributed by atoms with Crippen LogP contribution < -0.4 is 0 Å². The van der Waals surface area contributed by atoms with E-state index in [0.717, 1.165) is 19.3 Å². The first kappa shape index (κ1) is 11.0. The highest BCUT2D eigenvalue weighted by Gasteiger charge is 1.74. The summed E-state index contributed by atoms with van der Waals surface area (Å²) in [6.45, 7) is 5.65. The van der Waals surface area contributed by atoms with Gasteiger partial charge in [-0.15, -0.1) is 0 Å². The van der Waals surface area contributed by atoms with E-state index in [1.54, 1.807) is 6.08 Å². The van der Waals surface area contributed by atoms with Crippen molar-refractivity contribution in [3.63, 3.8) is 0 Å². The van der Waals surface area contributed by atoms with Gasteiger partial charge in [-0.25, -0.2) is 0 Å². The lowest BCUT2D eigenvalue weighted by atomic mass is 10.2. The fourth-order valence-electron chi connectivity index (χ4n) is 0.827. The summed E-state index contributed by atoms with van der Waals surface area (Å²) in [5.74, 6) is 0. The summed E-state index contributed by atoms with van der Waals surface area (Å²) >= 11 is 0. The molecule has 0 amide bonds. The Morgan fingerprint density at radius 2 is 1.75 bits per heavy atom. The normalized spacial score (nSPS) is 12.1. The quantitative estimate of drug-likeness (QED) is 0.314. The first-order chi connectivity index (χ1) is 5.91. The molecule has 12 heavy (non-hydrogen) atoms. The van der Waals surface area contributed by atoms with Crippen molar-refractivity contribution in [2.45, 2.75) is 26.2 Å². The van der Waals surface area contributed by atoms with Gasteiger partial charge in [-0.3, -0.25) is 0 Å². The first-order valence-corrected chi connectivity index (χ1v) is 4.45. The van der Waals surface area contributed by atoms with Crippen LogP contribution in [0.15, 0.2) is 49.1 Å². The predicted molar refractivity (Wildman–Crippen MR) is 57.1 cm³/mol. The number of unbranched alkanes of at least 4 members (excludes halogenated alkanes) is 1. The van der Waals surface area contributed by atoms with E-state index in [2.05, 4.69) is 43.9 Å². The molecule has 0 aromatic heterocycles. The van der Waals surface area contributed by atoms with E-state index in [1.807, 2.05) is 6.08 Å². The lowest BCUT2D eigenvalue weighted by molar-refractivity contribution is 1.04. The zero-order chi connectivity index (χ0) is 9.07. The van der Waals surface area contributed by atoms with E-state index in [1.165, 1.54) is 0 Å². The van der Waals surface area contributed by atoms with Gasteiger partial charge in [0, 0.05) is 0 Å². The molecule has 0 aliphatic carbocycles. The van der Waals surface area contributed by atoms with E-state index >= 15 is 0 Å². The van der Waals surface area contributed by atoms with Crippen molar-refractivity contribution in [1.82, 2.24) is 0 Å². The molecule has 0 heteroatoms.